The highest BCUT2D eigenvalue weighted by atomic mass is 16.6. The monoisotopic (exact) mass is 342 g/mol. The molecule has 1 fully saturated rings. The normalized spacial score (nSPS) is 20.4. The van der Waals surface area contributed by atoms with Gasteiger partial charge in [0.1, 0.15) is 11.9 Å². The van der Waals surface area contributed by atoms with Crippen molar-refractivity contribution in [1.29, 1.82) is 5.26 Å². The van der Waals surface area contributed by atoms with Crippen LogP contribution in [0.25, 0.3) is 0 Å². The predicted molar refractivity (Wildman–Crippen MR) is 95.2 cm³/mol. The molecule has 2 rings (SSSR count). The van der Waals surface area contributed by atoms with Gasteiger partial charge in [-0.15, -0.1) is 0 Å². The number of hydrogen-bond acceptors (Lipinski definition) is 4. The molecule has 5 heteroatoms. The van der Waals surface area contributed by atoms with Crippen LogP contribution in [0.4, 0.5) is 4.79 Å². The van der Waals surface area contributed by atoms with Gasteiger partial charge in [0.2, 0.25) is 0 Å². The summed E-state index contributed by atoms with van der Waals surface area (Å²) in [6.07, 6.45) is 3.85. The molecule has 0 N–H and O–H groups in total. The molecule has 0 atom stereocenters. The first kappa shape index (κ1) is 19.0. The fraction of sp³-hybridized carbons (Fsp3) is 0.550. The van der Waals surface area contributed by atoms with Crippen LogP contribution in [0.15, 0.2) is 24.3 Å². The summed E-state index contributed by atoms with van der Waals surface area (Å²) >= 11 is 0. The molecule has 134 valence electrons. The van der Waals surface area contributed by atoms with Gasteiger partial charge in [-0.1, -0.05) is 12.1 Å². The minimum absolute atomic E-state index is 0.0236. The molecule has 1 aliphatic carbocycles. The summed E-state index contributed by atoms with van der Waals surface area (Å²) in [4.78, 5) is 25.0. The molecule has 0 radical (unpaired) electrons. The summed E-state index contributed by atoms with van der Waals surface area (Å²) in [5, 5.41) is 9.05. The van der Waals surface area contributed by atoms with Crippen LogP contribution in [0.5, 0.6) is 0 Å². The zero-order valence-corrected chi connectivity index (χ0v) is 15.2. The van der Waals surface area contributed by atoms with Gasteiger partial charge < -0.3 is 9.53 Å². The highest BCUT2D eigenvalue weighted by Crippen LogP contribution is 2.35. The smallest absolute Gasteiger partial charge is 0.410 e. The first-order valence-electron chi connectivity index (χ1n) is 8.77. The molecule has 25 heavy (non-hydrogen) atoms. The van der Waals surface area contributed by atoms with Gasteiger partial charge in [0, 0.05) is 6.04 Å². The Hall–Kier alpha value is -2.35. The van der Waals surface area contributed by atoms with Gasteiger partial charge in [0.15, 0.2) is 0 Å². The molecule has 0 saturated heterocycles. The second-order valence-corrected chi connectivity index (χ2v) is 7.54. The van der Waals surface area contributed by atoms with E-state index in [0.717, 1.165) is 32.0 Å². The maximum atomic E-state index is 12.4. The van der Waals surface area contributed by atoms with Crippen LogP contribution in [0.1, 0.15) is 63.5 Å². The minimum atomic E-state index is -0.576. The van der Waals surface area contributed by atoms with Gasteiger partial charge in [0.05, 0.1) is 18.2 Å². The zero-order chi connectivity index (χ0) is 18.4. The lowest BCUT2D eigenvalue weighted by Gasteiger charge is -2.37. The molecule has 0 unspecified atom stereocenters. The van der Waals surface area contributed by atoms with Gasteiger partial charge in [0.25, 0.3) is 0 Å². The Morgan fingerprint density at radius 1 is 1.32 bits per heavy atom. The summed E-state index contributed by atoms with van der Waals surface area (Å²) in [7, 11) is 0. The van der Waals surface area contributed by atoms with Crippen molar-refractivity contribution in [1.82, 2.24) is 4.90 Å². The molecule has 0 aromatic heterocycles. The highest BCUT2D eigenvalue weighted by molar-refractivity contribution is 5.72. The van der Waals surface area contributed by atoms with Crippen molar-refractivity contribution in [3.05, 3.63) is 35.4 Å². The standard InChI is InChI=1S/C20H26N2O3/c1-20(2,3)25-19(24)22(11-12-23)18-9-7-16(8-10-18)17-6-4-5-15(13-17)14-21/h4-6,12-13,16,18H,7-11H2,1-3H3. The molecule has 0 spiro atoms. The van der Waals surface area contributed by atoms with Crippen molar-refractivity contribution < 1.29 is 14.3 Å². The van der Waals surface area contributed by atoms with Crippen LogP contribution in [0.2, 0.25) is 0 Å². The topological polar surface area (TPSA) is 70.4 Å². The second-order valence-electron chi connectivity index (χ2n) is 7.54. The van der Waals surface area contributed by atoms with E-state index in [1.807, 2.05) is 39.0 Å². The van der Waals surface area contributed by atoms with E-state index in [1.54, 1.807) is 4.90 Å². The molecule has 0 heterocycles. The molecule has 1 saturated carbocycles. The van der Waals surface area contributed by atoms with Gasteiger partial charge in [-0.05, 0) is 70.1 Å². The van der Waals surface area contributed by atoms with Crippen LogP contribution in [-0.2, 0) is 9.53 Å². The number of carbonyl (C=O) groups excluding carboxylic acids is 2. The fourth-order valence-electron chi connectivity index (χ4n) is 3.36. The van der Waals surface area contributed by atoms with Crippen molar-refractivity contribution >= 4 is 12.4 Å². The summed E-state index contributed by atoms with van der Waals surface area (Å²) in [5.41, 5.74) is 1.28. The minimum Gasteiger partial charge on any atom is -0.444 e. The quantitative estimate of drug-likeness (QED) is 0.775. The Balaban J connectivity index is 2.01. The van der Waals surface area contributed by atoms with Crippen LogP contribution in [-0.4, -0.2) is 35.5 Å². The number of carbonyl (C=O) groups is 2. The van der Waals surface area contributed by atoms with Crippen LogP contribution in [0.3, 0.4) is 0 Å². The van der Waals surface area contributed by atoms with Crippen LogP contribution in [0, 0.1) is 11.3 Å². The molecule has 5 nitrogen and oxygen atoms in total. The van der Waals surface area contributed by atoms with Crippen molar-refractivity contribution in [2.75, 3.05) is 6.54 Å². The number of rotatable bonds is 4. The number of nitriles is 1. The number of aldehydes is 1. The van der Waals surface area contributed by atoms with E-state index in [0.29, 0.717) is 11.5 Å². The lowest BCUT2D eigenvalue weighted by atomic mass is 9.81. The third-order valence-electron chi connectivity index (χ3n) is 4.52. The van der Waals surface area contributed by atoms with E-state index in [-0.39, 0.29) is 12.6 Å². The first-order chi connectivity index (χ1) is 11.8. The molecule has 0 bridgehead atoms. The average Bonchev–Trinajstić information content (AvgIpc) is 2.58. The molecule has 1 aliphatic rings. The number of hydrogen-bond donors (Lipinski definition) is 0. The van der Waals surface area contributed by atoms with E-state index in [1.165, 1.54) is 5.56 Å². The van der Waals surface area contributed by atoms with Crippen molar-refractivity contribution in [2.24, 2.45) is 0 Å². The van der Waals surface area contributed by atoms with Crippen LogP contribution >= 0.6 is 0 Å². The zero-order valence-electron chi connectivity index (χ0n) is 15.2. The SMILES string of the molecule is CC(C)(C)OC(=O)N(CC=O)C1CCC(c2cccc(C#N)c2)CC1. The maximum absolute atomic E-state index is 12.4. The van der Waals surface area contributed by atoms with Crippen molar-refractivity contribution in [3.63, 3.8) is 0 Å². The first-order valence-corrected chi connectivity index (χ1v) is 8.77. The Bertz CT molecular complexity index is 650. The van der Waals surface area contributed by atoms with E-state index >= 15 is 0 Å². The third-order valence-corrected chi connectivity index (χ3v) is 4.52. The number of benzene rings is 1. The summed E-state index contributed by atoms with van der Waals surface area (Å²) in [6, 6.07) is 9.93. The van der Waals surface area contributed by atoms with Gasteiger partial charge in [-0.25, -0.2) is 4.79 Å². The van der Waals surface area contributed by atoms with E-state index < -0.39 is 11.7 Å². The number of amides is 1. The molecule has 1 amide bonds. The largest absolute Gasteiger partial charge is 0.444 e. The van der Waals surface area contributed by atoms with E-state index in [2.05, 4.69) is 12.1 Å². The molecule has 1 aromatic rings. The highest BCUT2D eigenvalue weighted by Gasteiger charge is 2.31. The van der Waals surface area contributed by atoms with E-state index in [4.69, 9.17) is 10.00 Å². The van der Waals surface area contributed by atoms with Crippen molar-refractivity contribution in [3.8, 4) is 6.07 Å². The number of ether oxygens (including phenoxy) is 1. The fourth-order valence-corrected chi connectivity index (χ4v) is 3.36. The Kier molecular flexibility index (Phi) is 6.19. The molecule has 0 aliphatic heterocycles. The Morgan fingerprint density at radius 3 is 2.56 bits per heavy atom. The Morgan fingerprint density at radius 2 is 2.00 bits per heavy atom. The Labute approximate surface area is 149 Å². The summed E-state index contributed by atoms with van der Waals surface area (Å²) in [5.74, 6) is 0.390. The van der Waals surface area contributed by atoms with Gasteiger partial charge in [-0.2, -0.15) is 5.26 Å². The second kappa shape index (κ2) is 8.15. The number of nitrogens with zero attached hydrogens (tertiary/aromatic N) is 2. The van der Waals surface area contributed by atoms with Crippen LogP contribution < -0.4 is 0 Å². The molecular formula is C20H26N2O3. The lowest BCUT2D eigenvalue weighted by molar-refractivity contribution is -0.109. The van der Waals surface area contributed by atoms with Gasteiger partial charge in [-0.3, -0.25) is 4.90 Å². The molecule has 1 aromatic carbocycles. The molecular weight excluding hydrogens is 316 g/mol. The van der Waals surface area contributed by atoms with E-state index in [9.17, 15) is 9.59 Å². The lowest BCUT2D eigenvalue weighted by Crippen LogP contribution is -2.45. The summed E-state index contributed by atoms with van der Waals surface area (Å²) in [6.45, 7) is 5.53. The maximum Gasteiger partial charge on any atom is 0.410 e. The van der Waals surface area contributed by atoms with Crippen molar-refractivity contribution in [2.45, 2.75) is 64.0 Å². The average molecular weight is 342 g/mol. The predicted octanol–water partition coefficient (Wildman–Crippen LogP) is 4.02. The third kappa shape index (κ3) is 5.32. The summed E-state index contributed by atoms with van der Waals surface area (Å²) < 4.78 is 5.44. The van der Waals surface area contributed by atoms with Gasteiger partial charge >= 0.3 is 6.09 Å².